The fourth-order valence-electron chi connectivity index (χ4n) is 4.41. The Labute approximate surface area is 209 Å². The van der Waals surface area contributed by atoms with Gasteiger partial charge in [-0.25, -0.2) is 13.6 Å². The molecule has 2 amide bonds. The molecule has 1 fully saturated rings. The molecule has 36 heavy (non-hydrogen) atoms. The Hall–Kier alpha value is -3.46. The molecule has 4 rings (SSSR count). The van der Waals surface area contributed by atoms with Gasteiger partial charge in [-0.1, -0.05) is 11.6 Å². The second-order valence-electron chi connectivity index (χ2n) is 10.0. The predicted molar refractivity (Wildman–Crippen MR) is 133 cm³/mol. The molecular weight excluding hydrogens is 468 g/mol. The van der Waals surface area contributed by atoms with Gasteiger partial charge in [0.1, 0.15) is 17.2 Å². The summed E-state index contributed by atoms with van der Waals surface area (Å²) >= 11 is 0. The van der Waals surface area contributed by atoms with Gasteiger partial charge in [-0.05, 0) is 58.0 Å². The van der Waals surface area contributed by atoms with E-state index in [2.05, 4.69) is 5.32 Å². The molecule has 1 aromatic heterocycles. The average molecular weight is 500 g/mol. The number of carbonyl (C=O) groups is 2. The summed E-state index contributed by atoms with van der Waals surface area (Å²) in [6.45, 7) is 8.62. The van der Waals surface area contributed by atoms with Crippen LogP contribution in [-0.2, 0) is 16.0 Å². The number of fused-ring (bicyclic) bond motifs is 1. The molecule has 1 atom stereocenters. The number of morpholine rings is 1. The first kappa shape index (κ1) is 25.6. The lowest BCUT2D eigenvalue weighted by Crippen LogP contribution is -2.48. The van der Waals surface area contributed by atoms with Crippen molar-refractivity contribution in [1.82, 2.24) is 14.8 Å². The maximum atomic E-state index is 15.3. The minimum absolute atomic E-state index is 0.0987. The highest BCUT2D eigenvalue weighted by atomic mass is 19.1. The summed E-state index contributed by atoms with van der Waals surface area (Å²) in [6, 6.07) is 9.57. The van der Waals surface area contributed by atoms with E-state index in [1.54, 1.807) is 15.5 Å². The van der Waals surface area contributed by atoms with Gasteiger partial charge in [0.2, 0.25) is 0 Å². The summed E-state index contributed by atoms with van der Waals surface area (Å²) in [6.07, 6.45) is -0.843. The van der Waals surface area contributed by atoms with Crippen LogP contribution in [0.15, 0.2) is 36.4 Å². The van der Waals surface area contributed by atoms with Crippen molar-refractivity contribution in [3.05, 3.63) is 59.2 Å². The minimum Gasteiger partial charge on any atom is -0.444 e. The number of amides is 2. The van der Waals surface area contributed by atoms with Crippen molar-refractivity contribution >= 4 is 22.9 Å². The molecule has 0 saturated carbocycles. The third-order valence-corrected chi connectivity index (χ3v) is 6.02. The lowest BCUT2D eigenvalue weighted by molar-refractivity contribution is -0.0467. The van der Waals surface area contributed by atoms with E-state index in [-0.39, 0.29) is 24.2 Å². The van der Waals surface area contributed by atoms with Gasteiger partial charge in [0.15, 0.2) is 0 Å². The van der Waals surface area contributed by atoms with E-state index in [1.807, 2.05) is 45.9 Å². The van der Waals surface area contributed by atoms with Gasteiger partial charge >= 0.3 is 6.09 Å². The number of nitrogens with one attached hydrogen (secondary N) is 1. The Morgan fingerprint density at radius 3 is 2.47 bits per heavy atom. The fraction of sp³-hybridized carbons (Fsp3) is 0.407. The highest BCUT2D eigenvalue weighted by molar-refractivity contribution is 5.95. The maximum Gasteiger partial charge on any atom is 0.410 e. The van der Waals surface area contributed by atoms with Gasteiger partial charge in [-0.15, -0.1) is 0 Å². The van der Waals surface area contributed by atoms with Gasteiger partial charge in [-0.2, -0.15) is 0 Å². The molecule has 7 nitrogen and oxygen atoms in total. The zero-order valence-corrected chi connectivity index (χ0v) is 21.2. The van der Waals surface area contributed by atoms with Crippen LogP contribution in [0, 0.1) is 18.6 Å². The van der Waals surface area contributed by atoms with Crippen LogP contribution in [0.2, 0.25) is 0 Å². The average Bonchev–Trinajstić information content (AvgIpc) is 3.13. The second kappa shape index (κ2) is 9.89. The number of aromatic nitrogens is 1. The van der Waals surface area contributed by atoms with Crippen molar-refractivity contribution < 1.29 is 27.8 Å². The van der Waals surface area contributed by atoms with E-state index in [0.717, 1.165) is 28.6 Å². The van der Waals surface area contributed by atoms with Crippen LogP contribution >= 0.6 is 0 Å². The first-order valence-corrected chi connectivity index (χ1v) is 11.9. The Kier molecular flexibility index (Phi) is 7.04. The van der Waals surface area contributed by atoms with Gasteiger partial charge in [0, 0.05) is 30.1 Å². The standard InChI is InChI=1S/C27H31F2N3O4/c1-16-6-7-22-17(10-16)13-23(24-20(28)11-18(12-21(24)29)25(33)30-5)32(22)15-19-14-31(8-9-35-19)26(34)36-27(2,3)4/h6-7,10-13,19H,8-9,14-15H2,1-5H3,(H,30,33)/t19-/m1/s1. The van der Waals surface area contributed by atoms with Gasteiger partial charge in [0.05, 0.1) is 37.1 Å². The van der Waals surface area contributed by atoms with Crippen LogP contribution in [0.4, 0.5) is 13.6 Å². The third-order valence-electron chi connectivity index (χ3n) is 6.02. The van der Waals surface area contributed by atoms with E-state index in [9.17, 15) is 9.59 Å². The third kappa shape index (κ3) is 5.36. The molecule has 9 heteroatoms. The number of benzene rings is 2. The topological polar surface area (TPSA) is 72.8 Å². The number of hydrogen-bond donors (Lipinski definition) is 1. The molecule has 1 aliphatic heterocycles. The lowest BCUT2D eigenvalue weighted by Gasteiger charge is -2.34. The molecule has 3 aromatic rings. The zero-order valence-electron chi connectivity index (χ0n) is 21.2. The number of aryl methyl sites for hydroxylation is 1. The van der Waals surface area contributed by atoms with Gasteiger partial charge in [-0.3, -0.25) is 4.79 Å². The molecule has 0 radical (unpaired) electrons. The molecule has 1 N–H and O–H groups in total. The summed E-state index contributed by atoms with van der Waals surface area (Å²) in [5, 5.41) is 3.20. The van der Waals surface area contributed by atoms with Crippen LogP contribution in [0.25, 0.3) is 22.2 Å². The zero-order chi connectivity index (χ0) is 26.2. The minimum atomic E-state index is -0.839. The van der Waals surface area contributed by atoms with E-state index < -0.39 is 35.3 Å². The van der Waals surface area contributed by atoms with Crippen LogP contribution in [0.1, 0.15) is 36.7 Å². The second-order valence-corrected chi connectivity index (χ2v) is 10.0. The van der Waals surface area contributed by atoms with Crippen molar-refractivity contribution in [1.29, 1.82) is 0 Å². The number of nitrogens with zero attached hydrogens (tertiary/aromatic N) is 2. The molecule has 2 aromatic carbocycles. The van der Waals surface area contributed by atoms with Gasteiger partial charge in [0.25, 0.3) is 5.91 Å². The van der Waals surface area contributed by atoms with E-state index >= 15 is 8.78 Å². The summed E-state index contributed by atoms with van der Waals surface area (Å²) in [4.78, 5) is 26.1. The molecule has 0 aliphatic carbocycles. The largest absolute Gasteiger partial charge is 0.444 e. The van der Waals surface area contributed by atoms with Crippen molar-refractivity contribution in [2.24, 2.45) is 0 Å². The first-order valence-electron chi connectivity index (χ1n) is 11.9. The molecule has 1 saturated heterocycles. The van der Waals surface area contributed by atoms with E-state index in [4.69, 9.17) is 9.47 Å². The van der Waals surface area contributed by atoms with Crippen LogP contribution in [0.3, 0.4) is 0 Å². The quantitative estimate of drug-likeness (QED) is 0.555. The van der Waals surface area contributed by atoms with Crippen molar-refractivity contribution in [3.63, 3.8) is 0 Å². The summed E-state index contributed by atoms with van der Waals surface area (Å²) in [5.74, 6) is -2.25. The summed E-state index contributed by atoms with van der Waals surface area (Å²) in [7, 11) is 1.40. The maximum absolute atomic E-state index is 15.3. The molecule has 0 spiro atoms. The Balaban J connectivity index is 1.72. The Morgan fingerprint density at radius 1 is 1.14 bits per heavy atom. The Morgan fingerprint density at radius 2 is 1.83 bits per heavy atom. The number of carbonyl (C=O) groups excluding carboxylic acids is 2. The summed E-state index contributed by atoms with van der Waals surface area (Å²) in [5.41, 5.74) is 1.17. The number of hydrogen-bond acceptors (Lipinski definition) is 4. The highest BCUT2D eigenvalue weighted by Crippen LogP contribution is 2.34. The fourth-order valence-corrected chi connectivity index (χ4v) is 4.41. The monoisotopic (exact) mass is 499 g/mol. The number of rotatable bonds is 4. The van der Waals surface area contributed by atoms with Gasteiger partial charge < -0.3 is 24.3 Å². The lowest BCUT2D eigenvalue weighted by atomic mass is 10.1. The predicted octanol–water partition coefficient (Wildman–Crippen LogP) is 4.89. The molecular formula is C27H31F2N3O4. The highest BCUT2D eigenvalue weighted by Gasteiger charge is 2.30. The van der Waals surface area contributed by atoms with Crippen molar-refractivity contribution in [2.75, 3.05) is 26.7 Å². The first-order chi connectivity index (χ1) is 17.0. The normalized spacial score (nSPS) is 16.3. The van der Waals surface area contributed by atoms with Crippen molar-refractivity contribution in [3.8, 4) is 11.3 Å². The Bertz CT molecular complexity index is 1290. The smallest absolute Gasteiger partial charge is 0.410 e. The van der Waals surface area contributed by atoms with Crippen LogP contribution in [0.5, 0.6) is 0 Å². The molecule has 2 heterocycles. The van der Waals surface area contributed by atoms with E-state index in [1.165, 1.54) is 7.05 Å². The van der Waals surface area contributed by atoms with Crippen LogP contribution in [-0.4, -0.2) is 59.9 Å². The summed E-state index contributed by atoms with van der Waals surface area (Å²) < 4.78 is 43.7. The molecule has 0 bridgehead atoms. The molecule has 1 aliphatic rings. The SMILES string of the molecule is CNC(=O)c1cc(F)c(-c2cc3cc(C)ccc3n2C[C@H]2CN(C(=O)OC(C)(C)C)CCO2)c(F)c1. The number of ether oxygens (including phenoxy) is 2. The molecule has 0 unspecified atom stereocenters. The number of halogens is 2. The van der Waals surface area contributed by atoms with E-state index in [0.29, 0.717) is 18.8 Å². The molecule has 192 valence electrons. The van der Waals surface area contributed by atoms with Crippen molar-refractivity contribution in [2.45, 2.75) is 45.9 Å². The van der Waals surface area contributed by atoms with Crippen LogP contribution < -0.4 is 5.32 Å².